The van der Waals surface area contributed by atoms with Crippen molar-refractivity contribution >= 4 is 72.2 Å². The Morgan fingerprint density at radius 2 is 0.914 bits per heavy atom. The summed E-state index contributed by atoms with van der Waals surface area (Å²) in [6.45, 7) is 16.8. The summed E-state index contributed by atoms with van der Waals surface area (Å²) in [6, 6.07) is 25.0. The number of ether oxygens (including phenoxy) is 3. The van der Waals surface area contributed by atoms with E-state index in [1.165, 1.54) is 0 Å². The molecule has 9 heterocycles. The van der Waals surface area contributed by atoms with E-state index in [1.807, 2.05) is 93.6 Å². The molecule has 0 radical (unpaired) electrons. The van der Waals surface area contributed by atoms with Gasteiger partial charge in [0.15, 0.2) is 17.3 Å². The van der Waals surface area contributed by atoms with Gasteiger partial charge < -0.3 is 57.9 Å². The summed E-state index contributed by atoms with van der Waals surface area (Å²) < 4.78 is 32.0. The van der Waals surface area contributed by atoms with Crippen LogP contribution >= 0.6 is 0 Å². The van der Waals surface area contributed by atoms with Gasteiger partial charge in [-0.15, -0.1) is 0 Å². The van der Waals surface area contributed by atoms with Gasteiger partial charge in [-0.1, -0.05) is 54.6 Å². The second-order valence-corrected chi connectivity index (χ2v) is 21.1. The highest BCUT2D eigenvalue weighted by molar-refractivity contribution is 6.61. The second kappa shape index (κ2) is 27.0. The van der Waals surface area contributed by atoms with Crippen LogP contribution in [0.25, 0.3) is 0 Å². The minimum Gasteiger partial charge on any atom is -0.423 e. The molecule has 3 aromatic carbocycles. The number of pyridine rings is 3. The third-order valence-electron chi connectivity index (χ3n) is 15.6. The van der Waals surface area contributed by atoms with E-state index in [9.17, 15) is 29.5 Å². The van der Waals surface area contributed by atoms with Crippen molar-refractivity contribution in [3.05, 3.63) is 159 Å². The standard InChI is InChI=1S/3C20H23BN2O4/c1-14-10-18(22-13-19(14)23-5-8-26-9-6-23)20(24)12-15-2-3-16-4-7-27-21(25)17(16)11-15;1-14-10-17(23-5-8-26-9-6-23)13-22-20(14)19(24)12-15-2-3-16-4-7-27-21(25)18(16)11-15;1-14-19(23-7-10-26-11-8-23)5-4-18(22-14)20(24)13-15-2-3-16-6-9-27-21(25)17(16)12-15/h2*2-3,10-11,13,25H,4-9,12H2,1H3;2-5,12,25H,6-11,13H2,1H3. The highest BCUT2D eigenvalue weighted by Gasteiger charge is 2.29. The van der Waals surface area contributed by atoms with Gasteiger partial charge in [-0.05, 0) is 125 Å². The quantitative estimate of drug-likeness (QED) is 0.119. The van der Waals surface area contributed by atoms with Crippen molar-refractivity contribution in [3.8, 4) is 0 Å². The smallest absolute Gasteiger partial charge is 0.423 e. The topological polar surface area (TPSA) is 216 Å². The number of Topliss-reactive ketones (excluding diaryl/α,β-unsaturated/α-hetero) is 3. The van der Waals surface area contributed by atoms with E-state index in [1.54, 1.807) is 18.5 Å². The van der Waals surface area contributed by atoms with Crippen LogP contribution in [0.5, 0.6) is 0 Å². The molecule has 0 aliphatic carbocycles. The fourth-order valence-electron chi connectivity index (χ4n) is 11.1. The van der Waals surface area contributed by atoms with E-state index in [0.717, 1.165) is 142 Å². The van der Waals surface area contributed by atoms with E-state index in [0.29, 0.717) is 76.5 Å². The maximum atomic E-state index is 12.8. The van der Waals surface area contributed by atoms with Crippen molar-refractivity contribution in [2.45, 2.75) is 59.3 Å². The number of ketones is 3. The van der Waals surface area contributed by atoms with Crippen molar-refractivity contribution < 1.29 is 57.6 Å². The second-order valence-electron chi connectivity index (χ2n) is 21.1. The lowest BCUT2D eigenvalue weighted by Gasteiger charge is -2.29. The number of aryl methyl sites for hydroxylation is 3. The van der Waals surface area contributed by atoms with Gasteiger partial charge in [0.1, 0.15) is 17.1 Å². The van der Waals surface area contributed by atoms with Crippen LogP contribution in [0.4, 0.5) is 17.1 Å². The summed E-state index contributed by atoms with van der Waals surface area (Å²) >= 11 is 0. The summed E-state index contributed by atoms with van der Waals surface area (Å²) in [7, 11) is -2.72. The van der Waals surface area contributed by atoms with Crippen LogP contribution < -0.4 is 31.1 Å². The van der Waals surface area contributed by atoms with Crippen LogP contribution in [0.3, 0.4) is 0 Å². The van der Waals surface area contributed by atoms with Gasteiger partial charge in [-0.2, -0.15) is 0 Å². The maximum Gasteiger partial charge on any atom is 0.491 e. The van der Waals surface area contributed by atoms with Gasteiger partial charge in [0.25, 0.3) is 0 Å². The molecule has 6 aliphatic heterocycles. The van der Waals surface area contributed by atoms with Crippen molar-refractivity contribution in [2.24, 2.45) is 0 Å². The Morgan fingerprint density at radius 1 is 0.469 bits per heavy atom. The minimum atomic E-state index is -0.906. The molecule has 21 heteroatoms. The van der Waals surface area contributed by atoms with Crippen LogP contribution in [0.15, 0.2) is 91.3 Å². The zero-order chi connectivity index (χ0) is 56.4. The van der Waals surface area contributed by atoms with Crippen molar-refractivity contribution in [1.29, 1.82) is 0 Å². The first-order chi connectivity index (χ1) is 39.3. The predicted octanol–water partition coefficient (Wildman–Crippen LogP) is 2.74. The Balaban J connectivity index is 0.000000136. The van der Waals surface area contributed by atoms with Crippen LogP contribution in [0, 0.1) is 20.8 Å². The maximum absolute atomic E-state index is 12.8. The summed E-state index contributed by atoms with van der Waals surface area (Å²) in [6.07, 6.45) is 6.67. The van der Waals surface area contributed by atoms with E-state index in [4.69, 9.17) is 28.2 Å². The molecule has 0 amide bonds. The van der Waals surface area contributed by atoms with E-state index < -0.39 is 21.4 Å². The molecule has 0 spiro atoms. The van der Waals surface area contributed by atoms with Gasteiger partial charge in [-0.25, -0.2) is 4.98 Å². The highest BCUT2D eigenvalue weighted by Crippen LogP contribution is 2.24. The van der Waals surface area contributed by atoms with Crippen LogP contribution in [-0.2, 0) is 66.7 Å². The molecule has 0 saturated carbocycles. The van der Waals surface area contributed by atoms with E-state index in [-0.39, 0.29) is 36.6 Å². The fraction of sp³-hybridized carbons (Fsp3) is 0.400. The Labute approximate surface area is 474 Å². The number of hydrogen-bond donors (Lipinski definition) is 3. The molecule has 18 nitrogen and oxygen atoms in total. The number of aromatic nitrogens is 3. The van der Waals surface area contributed by atoms with Gasteiger partial charge in [0, 0.05) is 78.4 Å². The lowest BCUT2D eigenvalue weighted by molar-refractivity contribution is 0.0979. The molecule has 3 fully saturated rings. The Bertz CT molecular complexity index is 3090. The molecule has 0 atom stereocenters. The molecule has 81 heavy (non-hydrogen) atoms. The van der Waals surface area contributed by atoms with Gasteiger partial charge in [0.2, 0.25) is 0 Å². The summed E-state index contributed by atoms with van der Waals surface area (Å²) in [5.74, 6) is -0.0808. The molecular formula is C60H69B3N6O12. The minimum absolute atomic E-state index is 0.0211. The molecule has 420 valence electrons. The number of carbonyl (C=O) groups is 3. The molecule has 12 rings (SSSR count). The van der Waals surface area contributed by atoms with Crippen LogP contribution in [0.2, 0.25) is 0 Å². The number of carbonyl (C=O) groups excluding carboxylic acids is 3. The molecule has 6 aliphatic rings. The average Bonchev–Trinajstić information content (AvgIpc) is 3.54. The van der Waals surface area contributed by atoms with Crippen molar-refractivity contribution in [1.82, 2.24) is 15.0 Å². The van der Waals surface area contributed by atoms with E-state index in [2.05, 4.69) is 29.7 Å². The van der Waals surface area contributed by atoms with Crippen molar-refractivity contribution in [3.63, 3.8) is 0 Å². The fourth-order valence-corrected chi connectivity index (χ4v) is 11.1. The first-order valence-electron chi connectivity index (χ1n) is 28.1. The third-order valence-corrected chi connectivity index (χ3v) is 15.6. The number of rotatable bonds is 12. The Hall–Kier alpha value is -6.65. The molecule has 3 N–H and O–H groups in total. The molecule has 0 bridgehead atoms. The van der Waals surface area contributed by atoms with Crippen molar-refractivity contribution in [2.75, 3.05) is 113 Å². The number of benzene rings is 3. The number of fused-ring (bicyclic) bond motifs is 3. The normalized spacial score (nSPS) is 17.0. The summed E-state index contributed by atoms with van der Waals surface area (Å²) in [5, 5.41) is 30.0. The Kier molecular flexibility index (Phi) is 19.2. The lowest BCUT2D eigenvalue weighted by Crippen LogP contribution is -2.41. The molecule has 0 unspecified atom stereocenters. The summed E-state index contributed by atoms with van der Waals surface area (Å²) in [5.41, 5.74) is 15.5. The summed E-state index contributed by atoms with van der Waals surface area (Å²) in [4.78, 5) is 58.3. The molecule has 3 saturated heterocycles. The zero-order valence-electron chi connectivity index (χ0n) is 46.4. The lowest BCUT2D eigenvalue weighted by atomic mass is 9.73. The first-order valence-corrected chi connectivity index (χ1v) is 28.1. The Morgan fingerprint density at radius 3 is 1.37 bits per heavy atom. The zero-order valence-corrected chi connectivity index (χ0v) is 46.4. The van der Waals surface area contributed by atoms with Gasteiger partial charge >= 0.3 is 21.4 Å². The van der Waals surface area contributed by atoms with Gasteiger partial charge in [-0.3, -0.25) is 24.4 Å². The van der Waals surface area contributed by atoms with Gasteiger partial charge in [0.05, 0.1) is 74.8 Å². The van der Waals surface area contributed by atoms with Crippen LogP contribution in [0.1, 0.15) is 81.7 Å². The number of anilines is 3. The monoisotopic (exact) mass is 1100 g/mol. The van der Waals surface area contributed by atoms with E-state index >= 15 is 0 Å². The third kappa shape index (κ3) is 14.3. The largest absolute Gasteiger partial charge is 0.491 e. The predicted molar refractivity (Wildman–Crippen MR) is 311 cm³/mol. The molecular weight excluding hydrogens is 1030 g/mol. The number of nitrogens with zero attached hydrogens (tertiary/aromatic N) is 6. The molecule has 3 aromatic heterocycles. The molecule has 6 aromatic rings. The number of morpholine rings is 3. The van der Waals surface area contributed by atoms with Crippen LogP contribution in [-0.4, -0.2) is 167 Å². The SMILES string of the molecule is Cc1cc(C(=O)Cc2ccc3c(c2)B(O)OCC3)ncc1N1CCOCC1.Cc1cc(N2CCOCC2)cnc1C(=O)Cc1ccc2c(c1)B(O)OCC2.Cc1nc(C(=O)Cc2ccc3c(c2)B(O)OCC3)ccc1N1CCOCC1. The number of hydrogen-bond acceptors (Lipinski definition) is 18. The average molecular weight is 1100 g/mol. The highest BCUT2D eigenvalue weighted by atomic mass is 16.5. The first kappa shape index (κ1) is 57.6.